The van der Waals surface area contributed by atoms with E-state index >= 15 is 0 Å². The van der Waals surface area contributed by atoms with E-state index < -0.39 is 29.3 Å². The molecule has 34 heavy (non-hydrogen) atoms. The fourth-order valence-corrected chi connectivity index (χ4v) is 4.14. The van der Waals surface area contributed by atoms with Crippen LogP contribution < -0.4 is 4.74 Å². The molecule has 3 aromatic rings. The molecule has 1 N–H and O–H groups in total. The molecule has 0 bridgehead atoms. The lowest BCUT2D eigenvalue weighted by molar-refractivity contribution is -0.140. The number of ether oxygens (including phenoxy) is 1. The normalized spacial score (nSPS) is 17.9. The molecule has 2 aromatic carbocycles. The number of Topliss-reactive ketones (excluding diaryl/α,β-unsaturated/α-hetero) is 1. The predicted octanol–water partition coefficient (Wildman–Crippen LogP) is 5.35. The molecule has 6 nitrogen and oxygen atoms in total. The molecule has 1 atom stereocenters. The monoisotopic (exact) mass is 463 g/mol. The van der Waals surface area contributed by atoms with Gasteiger partial charge in [-0.05, 0) is 41.3 Å². The maximum Gasteiger partial charge on any atom is 0.296 e. The maximum atomic E-state index is 15.0. The smallest absolute Gasteiger partial charge is 0.296 e. The molecule has 1 amide bonds. The third kappa shape index (κ3) is 4.09. The van der Waals surface area contributed by atoms with E-state index in [0.29, 0.717) is 11.5 Å². The van der Waals surface area contributed by atoms with Gasteiger partial charge in [0.25, 0.3) is 11.7 Å². The van der Waals surface area contributed by atoms with Crippen molar-refractivity contribution in [3.63, 3.8) is 0 Å². The van der Waals surface area contributed by atoms with Crippen LogP contribution in [0.25, 0.3) is 5.76 Å². The minimum Gasteiger partial charge on any atom is -0.507 e. The average Bonchev–Trinajstić information content (AvgIpc) is 3.40. The van der Waals surface area contributed by atoms with Gasteiger partial charge in [0, 0.05) is 5.56 Å². The summed E-state index contributed by atoms with van der Waals surface area (Å²) < 4.78 is 25.8. The Morgan fingerprint density at radius 1 is 1.12 bits per heavy atom. The topological polar surface area (TPSA) is 80.0 Å². The summed E-state index contributed by atoms with van der Waals surface area (Å²) in [6.45, 7) is 5.98. The first-order valence-corrected chi connectivity index (χ1v) is 10.9. The van der Waals surface area contributed by atoms with Gasteiger partial charge in [-0.2, -0.15) is 0 Å². The summed E-state index contributed by atoms with van der Waals surface area (Å²) in [5, 5.41) is 11.4. The zero-order chi connectivity index (χ0) is 24.6. The Bertz CT molecular complexity index is 1270. The largest absolute Gasteiger partial charge is 0.507 e. The SMILES string of the molecule is COc1ccc(C(C)(C)C)cc1/C(O)=C1\C(=O)C(=O)N(Cc2ccco2)C1c1ccccc1F. The van der Waals surface area contributed by atoms with E-state index in [9.17, 15) is 19.1 Å². The van der Waals surface area contributed by atoms with Crippen molar-refractivity contribution in [3.8, 4) is 5.75 Å². The summed E-state index contributed by atoms with van der Waals surface area (Å²) in [5.74, 6) is -2.01. The van der Waals surface area contributed by atoms with Crippen LogP contribution in [0.5, 0.6) is 5.75 Å². The molecule has 7 heteroatoms. The number of benzene rings is 2. The van der Waals surface area contributed by atoms with E-state index in [2.05, 4.69) is 0 Å². The number of carbonyl (C=O) groups excluding carboxylic acids is 2. The zero-order valence-electron chi connectivity index (χ0n) is 19.5. The number of nitrogens with zero attached hydrogens (tertiary/aromatic N) is 1. The van der Waals surface area contributed by atoms with Crippen molar-refractivity contribution < 1.29 is 28.2 Å². The van der Waals surface area contributed by atoms with Crippen LogP contribution in [0.2, 0.25) is 0 Å². The lowest BCUT2D eigenvalue weighted by Crippen LogP contribution is -2.29. The standard InChI is InChI=1S/C27H26FNO5/c1-27(2,3)16-11-12-21(33-4)19(14-16)24(30)22-23(18-9-5-6-10-20(18)28)29(26(32)25(22)31)15-17-8-7-13-34-17/h5-14,23,30H,15H2,1-4H3/b24-22+. The summed E-state index contributed by atoms with van der Waals surface area (Å²) in [6, 6.07) is 13.4. The predicted molar refractivity (Wildman–Crippen MR) is 125 cm³/mol. The summed E-state index contributed by atoms with van der Waals surface area (Å²) in [6.07, 6.45) is 1.45. The number of halogens is 1. The van der Waals surface area contributed by atoms with Gasteiger partial charge in [-0.15, -0.1) is 0 Å². The number of carbonyl (C=O) groups is 2. The number of aliphatic hydroxyl groups excluding tert-OH is 1. The van der Waals surface area contributed by atoms with E-state index in [1.807, 2.05) is 26.8 Å². The number of likely N-dealkylation sites (tertiary alicyclic amines) is 1. The van der Waals surface area contributed by atoms with Gasteiger partial charge in [-0.3, -0.25) is 9.59 Å². The zero-order valence-corrected chi connectivity index (χ0v) is 19.5. The highest BCUT2D eigenvalue weighted by Crippen LogP contribution is 2.43. The highest BCUT2D eigenvalue weighted by molar-refractivity contribution is 6.46. The fourth-order valence-electron chi connectivity index (χ4n) is 4.14. The van der Waals surface area contributed by atoms with Crippen molar-refractivity contribution in [2.24, 2.45) is 0 Å². The Labute approximate surface area is 197 Å². The van der Waals surface area contributed by atoms with E-state index in [4.69, 9.17) is 9.15 Å². The molecular weight excluding hydrogens is 437 g/mol. The molecule has 1 aliphatic rings. The van der Waals surface area contributed by atoms with E-state index in [0.717, 1.165) is 5.56 Å². The van der Waals surface area contributed by atoms with Gasteiger partial charge >= 0.3 is 0 Å². The summed E-state index contributed by atoms with van der Waals surface area (Å²) in [4.78, 5) is 27.5. The summed E-state index contributed by atoms with van der Waals surface area (Å²) in [5.41, 5.74) is 0.790. The minimum atomic E-state index is -1.14. The van der Waals surface area contributed by atoms with Crippen LogP contribution in [0, 0.1) is 5.82 Å². The lowest BCUT2D eigenvalue weighted by atomic mass is 9.85. The third-order valence-corrected chi connectivity index (χ3v) is 5.97. The minimum absolute atomic E-state index is 0.0630. The first-order valence-electron chi connectivity index (χ1n) is 10.9. The number of furan rings is 1. The Morgan fingerprint density at radius 2 is 1.85 bits per heavy atom. The first-order chi connectivity index (χ1) is 16.1. The van der Waals surface area contributed by atoms with Gasteiger partial charge in [0.1, 0.15) is 23.1 Å². The summed E-state index contributed by atoms with van der Waals surface area (Å²) >= 11 is 0. The van der Waals surface area contributed by atoms with Crippen molar-refractivity contribution in [2.75, 3.05) is 7.11 Å². The maximum absolute atomic E-state index is 15.0. The number of aliphatic hydroxyl groups is 1. The number of rotatable bonds is 5. The van der Waals surface area contributed by atoms with E-state index in [1.165, 1.54) is 36.5 Å². The Balaban J connectivity index is 1.95. The lowest BCUT2D eigenvalue weighted by Gasteiger charge is -2.25. The van der Waals surface area contributed by atoms with Crippen molar-refractivity contribution in [2.45, 2.75) is 38.8 Å². The van der Waals surface area contributed by atoms with Crippen molar-refractivity contribution in [1.29, 1.82) is 0 Å². The second-order valence-corrected chi connectivity index (χ2v) is 9.19. The second kappa shape index (κ2) is 8.82. The molecule has 0 radical (unpaired) electrons. The average molecular weight is 464 g/mol. The quantitative estimate of drug-likeness (QED) is 0.314. The van der Waals surface area contributed by atoms with Gasteiger partial charge in [-0.25, -0.2) is 4.39 Å². The second-order valence-electron chi connectivity index (χ2n) is 9.19. The van der Waals surface area contributed by atoms with Crippen LogP contribution in [-0.2, 0) is 21.5 Å². The number of amides is 1. The van der Waals surface area contributed by atoms with Crippen molar-refractivity contribution in [1.82, 2.24) is 4.90 Å². The van der Waals surface area contributed by atoms with Gasteiger partial charge in [0.05, 0.1) is 37.1 Å². The molecule has 1 fully saturated rings. The van der Waals surface area contributed by atoms with Gasteiger partial charge in [0.15, 0.2) is 0 Å². The van der Waals surface area contributed by atoms with Crippen LogP contribution in [0.1, 0.15) is 49.3 Å². The van der Waals surface area contributed by atoms with Crippen LogP contribution in [-0.4, -0.2) is 28.8 Å². The Morgan fingerprint density at radius 3 is 2.47 bits per heavy atom. The Kier molecular flexibility index (Phi) is 6.04. The van der Waals surface area contributed by atoms with Crippen LogP contribution in [0.15, 0.2) is 70.9 Å². The van der Waals surface area contributed by atoms with Crippen LogP contribution in [0.3, 0.4) is 0 Å². The highest BCUT2D eigenvalue weighted by Gasteiger charge is 2.47. The number of methoxy groups -OCH3 is 1. The molecule has 1 unspecified atom stereocenters. The number of ketones is 1. The van der Waals surface area contributed by atoms with E-state index in [1.54, 1.807) is 30.3 Å². The Hall–Kier alpha value is -3.87. The highest BCUT2D eigenvalue weighted by atomic mass is 19.1. The summed E-state index contributed by atoms with van der Waals surface area (Å²) in [7, 11) is 1.45. The number of hydrogen-bond donors (Lipinski definition) is 1. The first kappa shape index (κ1) is 23.3. The molecular formula is C27H26FNO5. The van der Waals surface area contributed by atoms with Crippen molar-refractivity contribution >= 4 is 17.4 Å². The van der Waals surface area contributed by atoms with Crippen LogP contribution in [0.4, 0.5) is 4.39 Å². The van der Waals surface area contributed by atoms with E-state index in [-0.39, 0.29) is 28.7 Å². The molecule has 1 aromatic heterocycles. The fraction of sp³-hybridized carbons (Fsp3) is 0.259. The van der Waals surface area contributed by atoms with Gasteiger partial charge in [-0.1, -0.05) is 45.0 Å². The van der Waals surface area contributed by atoms with Gasteiger partial charge in [0.2, 0.25) is 0 Å². The molecule has 0 saturated carbocycles. The molecule has 4 rings (SSSR count). The van der Waals surface area contributed by atoms with Crippen molar-refractivity contribution in [3.05, 3.63) is 94.7 Å². The molecule has 2 heterocycles. The molecule has 1 saturated heterocycles. The van der Waals surface area contributed by atoms with Gasteiger partial charge < -0.3 is 19.2 Å². The van der Waals surface area contributed by atoms with Crippen LogP contribution >= 0.6 is 0 Å². The molecule has 0 aliphatic carbocycles. The molecule has 0 spiro atoms. The molecule has 1 aliphatic heterocycles. The third-order valence-electron chi connectivity index (χ3n) is 5.97. The number of hydrogen-bond acceptors (Lipinski definition) is 5. The molecule has 176 valence electrons.